The van der Waals surface area contributed by atoms with Crippen molar-refractivity contribution in [3.05, 3.63) is 46.1 Å². The van der Waals surface area contributed by atoms with Gasteiger partial charge in [0, 0.05) is 10.0 Å². The van der Waals surface area contributed by atoms with E-state index >= 15 is 0 Å². The zero-order chi connectivity index (χ0) is 13.4. The fourth-order valence-corrected chi connectivity index (χ4v) is 2.27. The Bertz CT molecular complexity index is 752. The second kappa shape index (κ2) is 4.75. The second-order valence-corrected chi connectivity index (χ2v) is 5.07. The number of aliphatic hydroxyl groups excluding tert-OH is 1. The summed E-state index contributed by atoms with van der Waals surface area (Å²) in [6.07, 6.45) is 0. The summed E-state index contributed by atoms with van der Waals surface area (Å²) in [6.45, 7) is 1.90. The molecule has 0 fully saturated rings. The third-order valence-electron chi connectivity index (χ3n) is 2.97. The van der Waals surface area contributed by atoms with E-state index in [2.05, 4.69) is 25.9 Å². The first-order chi connectivity index (χ1) is 9.19. The van der Waals surface area contributed by atoms with Gasteiger partial charge in [-0.1, -0.05) is 22.0 Å². The van der Waals surface area contributed by atoms with E-state index in [9.17, 15) is 0 Å². The molecule has 0 radical (unpaired) electrons. The van der Waals surface area contributed by atoms with Crippen LogP contribution in [0.5, 0.6) is 0 Å². The highest BCUT2D eigenvalue weighted by Crippen LogP contribution is 2.29. The third kappa shape index (κ3) is 2.15. The van der Waals surface area contributed by atoms with Crippen molar-refractivity contribution in [1.29, 1.82) is 0 Å². The molecule has 0 saturated heterocycles. The third-order valence-corrected chi connectivity index (χ3v) is 3.83. The zero-order valence-corrected chi connectivity index (χ0v) is 11.8. The predicted octanol–water partition coefficient (Wildman–Crippen LogP) is 3.45. The van der Waals surface area contributed by atoms with Crippen molar-refractivity contribution in [2.24, 2.45) is 0 Å². The van der Waals surface area contributed by atoms with E-state index in [1.165, 1.54) is 0 Å². The van der Waals surface area contributed by atoms with E-state index < -0.39 is 0 Å². The average Bonchev–Trinajstić information content (AvgIpc) is 2.84. The summed E-state index contributed by atoms with van der Waals surface area (Å²) in [4.78, 5) is 8.61. The van der Waals surface area contributed by atoms with Crippen LogP contribution in [0.2, 0.25) is 0 Å². The van der Waals surface area contributed by atoms with Crippen molar-refractivity contribution >= 4 is 27.2 Å². The first-order valence-electron chi connectivity index (χ1n) is 5.82. The summed E-state index contributed by atoms with van der Waals surface area (Å²) >= 11 is 3.49. The molecule has 3 rings (SSSR count). The molecular weight excluding hydrogens is 308 g/mol. The largest absolute Gasteiger partial charge is 0.434 e. The monoisotopic (exact) mass is 318 g/mol. The van der Waals surface area contributed by atoms with Crippen molar-refractivity contribution in [3.63, 3.8) is 0 Å². The molecule has 0 aliphatic carbocycles. The smallest absolute Gasteiger partial charge is 0.229 e. The molecule has 0 bridgehead atoms. The Kier molecular flexibility index (Phi) is 3.08. The second-order valence-electron chi connectivity index (χ2n) is 4.21. The Balaban J connectivity index is 2.18. The topological polar surface area (TPSA) is 59.2 Å². The zero-order valence-electron chi connectivity index (χ0n) is 10.2. The van der Waals surface area contributed by atoms with Crippen LogP contribution in [-0.4, -0.2) is 15.1 Å². The van der Waals surface area contributed by atoms with Crippen LogP contribution < -0.4 is 0 Å². The number of oxazole rings is 1. The number of benzene rings is 1. The number of halogens is 1. The molecule has 3 aromatic rings. The van der Waals surface area contributed by atoms with Crippen LogP contribution >= 0.6 is 15.9 Å². The lowest BCUT2D eigenvalue weighted by Crippen LogP contribution is -1.88. The summed E-state index contributed by atoms with van der Waals surface area (Å²) < 4.78 is 6.72. The molecule has 0 spiro atoms. The Hall–Kier alpha value is -1.72. The predicted molar refractivity (Wildman–Crippen MR) is 75.6 cm³/mol. The maximum Gasteiger partial charge on any atom is 0.229 e. The van der Waals surface area contributed by atoms with Crippen LogP contribution in [0.3, 0.4) is 0 Å². The van der Waals surface area contributed by atoms with Gasteiger partial charge in [-0.15, -0.1) is 0 Å². The Morgan fingerprint density at radius 1 is 1.21 bits per heavy atom. The van der Waals surface area contributed by atoms with Crippen LogP contribution in [0.25, 0.3) is 22.7 Å². The molecule has 1 N–H and O–H groups in total. The molecule has 96 valence electrons. The highest BCUT2D eigenvalue weighted by atomic mass is 79.9. The van der Waals surface area contributed by atoms with Gasteiger partial charge in [0.15, 0.2) is 11.2 Å². The Morgan fingerprint density at radius 2 is 2.05 bits per heavy atom. The van der Waals surface area contributed by atoms with Gasteiger partial charge in [0.05, 0.1) is 12.3 Å². The van der Waals surface area contributed by atoms with Crippen LogP contribution in [0, 0.1) is 6.92 Å². The fourth-order valence-electron chi connectivity index (χ4n) is 1.90. The van der Waals surface area contributed by atoms with Gasteiger partial charge in [-0.3, -0.25) is 0 Å². The molecule has 0 saturated carbocycles. The summed E-state index contributed by atoms with van der Waals surface area (Å²) in [6, 6.07) is 9.37. The lowest BCUT2D eigenvalue weighted by molar-refractivity contribution is 0.277. The lowest BCUT2D eigenvalue weighted by atomic mass is 10.1. The van der Waals surface area contributed by atoms with Crippen molar-refractivity contribution < 1.29 is 9.52 Å². The molecule has 2 aromatic heterocycles. The molecule has 19 heavy (non-hydrogen) atoms. The molecule has 0 aliphatic rings. The minimum Gasteiger partial charge on any atom is -0.434 e. The van der Waals surface area contributed by atoms with Gasteiger partial charge >= 0.3 is 0 Å². The Labute approximate surface area is 118 Å². The van der Waals surface area contributed by atoms with Crippen LogP contribution in [0.15, 0.2) is 39.2 Å². The quantitative estimate of drug-likeness (QED) is 0.786. The highest BCUT2D eigenvalue weighted by molar-refractivity contribution is 9.10. The molecule has 4 nitrogen and oxygen atoms in total. The van der Waals surface area contributed by atoms with E-state index in [-0.39, 0.29) is 6.61 Å². The molecular formula is C14H11BrN2O2. The van der Waals surface area contributed by atoms with Gasteiger partial charge in [0.25, 0.3) is 0 Å². The lowest BCUT2D eigenvalue weighted by Gasteiger charge is -2.02. The summed E-state index contributed by atoms with van der Waals surface area (Å²) in [5.41, 5.74) is 3.71. The number of rotatable bonds is 2. The SMILES string of the molecule is Cc1c(Br)cccc1-c1nc2nc(CO)ccc2o1. The summed E-state index contributed by atoms with van der Waals surface area (Å²) in [7, 11) is 0. The minimum absolute atomic E-state index is 0.103. The van der Waals surface area contributed by atoms with Crippen LogP contribution in [0.4, 0.5) is 0 Å². The number of nitrogens with zero attached hydrogens (tertiary/aromatic N) is 2. The summed E-state index contributed by atoms with van der Waals surface area (Å²) in [5.74, 6) is 0.538. The summed E-state index contributed by atoms with van der Waals surface area (Å²) in [5, 5.41) is 9.07. The van der Waals surface area contributed by atoms with Crippen molar-refractivity contribution in [1.82, 2.24) is 9.97 Å². The highest BCUT2D eigenvalue weighted by Gasteiger charge is 2.12. The number of hydrogen-bond acceptors (Lipinski definition) is 4. The van der Waals surface area contributed by atoms with Gasteiger partial charge < -0.3 is 9.52 Å². The normalized spacial score (nSPS) is 11.1. The molecule has 0 aliphatic heterocycles. The van der Waals surface area contributed by atoms with E-state index in [1.807, 2.05) is 25.1 Å². The standard InChI is InChI=1S/C14H11BrN2O2/c1-8-10(3-2-4-11(8)15)14-17-13-12(19-14)6-5-9(7-18)16-13/h2-6,18H,7H2,1H3. The molecule has 5 heteroatoms. The van der Waals surface area contributed by atoms with Crippen LogP contribution in [-0.2, 0) is 6.61 Å². The first-order valence-corrected chi connectivity index (χ1v) is 6.61. The maximum absolute atomic E-state index is 9.07. The molecule has 0 unspecified atom stereocenters. The van der Waals surface area contributed by atoms with E-state index in [1.54, 1.807) is 12.1 Å². The number of aromatic nitrogens is 2. The number of pyridine rings is 1. The molecule has 0 atom stereocenters. The van der Waals surface area contributed by atoms with E-state index in [4.69, 9.17) is 9.52 Å². The molecule has 1 aromatic carbocycles. The van der Waals surface area contributed by atoms with Gasteiger partial charge in [-0.2, -0.15) is 4.98 Å². The van der Waals surface area contributed by atoms with Crippen molar-refractivity contribution in [2.75, 3.05) is 0 Å². The van der Waals surface area contributed by atoms with E-state index in [0.29, 0.717) is 22.8 Å². The van der Waals surface area contributed by atoms with Gasteiger partial charge in [-0.05, 0) is 36.8 Å². The van der Waals surface area contributed by atoms with Crippen molar-refractivity contribution in [2.45, 2.75) is 13.5 Å². The number of aliphatic hydroxyl groups is 1. The number of fused-ring (bicyclic) bond motifs is 1. The molecule has 2 heterocycles. The molecule has 0 amide bonds. The van der Waals surface area contributed by atoms with E-state index in [0.717, 1.165) is 15.6 Å². The Morgan fingerprint density at radius 3 is 2.84 bits per heavy atom. The maximum atomic E-state index is 9.07. The van der Waals surface area contributed by atoms with Gasteiger partial charge in [-0.25, -0.2) is 4.98 Å². The minimum atomic E-state index is -0.103. The van der Waals surface area contributed by atoms with Crippen molar-refractivity contribution in [3.8, 4) is 11.5 Å². The van der Waals surface area contributed by atoms with Crippen LogP contribution in [0.1, 0.15) is 11.3 Å². The number of hydrogen-bond donors (Lipinski definition) is 1. The fraction of sp³-hybridized carbons (Fsp3) is 0.143. The van der Waals surface area contributed by atoms with Gasteiger partial charge in [0.2, 0.25) is 5.89 Å². The average molecular weight is 319 g/mol. The first kappa shape index (κ1) is 12.3. The van der Waals surface area contributed by atoms with Gasteiger partial charge in [0.1, 0.15) is 0 Å².